The third-order valence-electron chi connectivity index (χ3n) is 3.55. The minimum atomic E-state index is -4.32. The number of hydrogen-bond donors (Lipinski definition) is 1. The van der Waals surface area contributed by atoms with Crippen LogP contribution in [0.4, 0.5) is 13.2 Å². The molecule has 0 atom stereocenters. The van der Waals surface area contributed by atoms with Crippen molar-refractivity contribution in [2.24, 2.45) is 5.73 Å². The van der Waals surface area contributed by atoms with Crippen LogP contribution in [-0.2, 0) is 11.6 Å². The van der Waals surface area contributed by atoms with Crippen molar-refractivity contribution in [2.75, 3.05) is 6.54 Å². The van der Waals surface area contributed by atoms with E-state index in [2.05, 4.69) is 0 Å². The average molecular weight is 245 g/mol. The van der Waals surface area contributed by atoms with Crippen molar-refractivity contribution in [3.63, 3.8) is 0 Å². The van der Waals surface area contributed by atoms with Gasteiger partial charge in [0.1, 0.15) is 0 Å². The van der Waals surface area contributed by atoms with Gasteiger partial charge in [-0.2, -0.15) is 13.2 Å². The summed E-state index contributed by atoms with van der Waals surface area (Å²) in [4.78, 5) is 0. The van der Waals surface area contributed by atoms with E-state index < -0.39 is 17.2 Å². The second-order valence-corrected chi connectivity index (χ2v) is 4.23. The molecule has 0 aliphatic heterocycles. The van der Waals surface area contributed by atoms with Crippen LogP contribution in [0.25, 0.3) is 0 Å². The van der Waals surface area contributed by atoms with Gasteiger partial charge in [0.2, 0.25) is 0 Å². The largest absolute Gasteiger partial charge is 0.416 e. The zero-order valence-electron chi connectivity index (χ0n) is 10.1. The van der Waals surface area contributed by atoms with Crippen molar-refractivity contribution < 1.29 is 13.2 Å². The van der Waals surface area contributed by atoms with E-state index in [1.165, 1.54) is 6.07 Å². The maximum Gasteiger partial charge on any atom is 0.416 e. The molecule has 0 saturated carbocycles. The summed E-state index contributed by atoms with van der Waals surface area (Å²) in [6.45, 7) is 3.99. The first-order chi connectivity index (χ1) is 7.91. The monoisotopic (exact) mass is 245 g/mol. The summed E-state index contributed by atoms with van der Waals surface area (Å²) in [6.07, 6.45) is -3.11. The van der Waals surface area contributed by atoms with Gasteiger partial charge in [0.15, 0.2) is 0 Å². The van der Waals surface area contributed by atoms with Crippen molar-refractivity contribution in [3.8, 4) is 0 Å². The Morgan fingerprint density at radius 2 is 1.47 bits per heavy atom. The van der Waals surface area contributed by atoms with E-state index in [4.69, 9.17) is 5.73 Å². The summed E-state index contributed by atoms with van der Waals surface area (Å²) < 4.78 is 38.8. The third-order valence-corrected chi connectivity index (χ3v) is 3.55. The Morgan fingerprint density at radius 3 is 1.82 bits per heavy atom. The predicted molar refractivity (Wildman–Crippen MR) is 62.8 cm³/mol. The van der Waals surface area contributed by atoms with Gasteiger partial charge in [-0.1, -0.05) is 32.0 Å². The standard InChI is InChI=1S/C13H18F3N/c1-3-12(4-2,9-17)10-7-5-6-8-11(10)13(14,15)16/h5-8H,3-4,9,17H2,1-2H3. The Kier molecular flexibility index (Phi) is 4.20. The van der Waals surface area contributed by atoms with Crippen LogP contribution in [0, 0.1) is 0 Å². The molecule has 1 aromatic carbocycles. The highest BCUT2D eigenvalue weighted by molar-refractivity contribution is 5.36. The molecule has 0 aliphatic rings. The normalized spacial score (nSPS) is 12.8. The molecule has 0 spiro atoms. The van der Waals surface area contributed by atoms with Gasteiger partial charge in [-0.05, 0) is 24.5 Å². The fourth-order valence-corrected chi connectivity index (χ4v) is 2.22. The smallest absolute Gasteiger partial charge is 0.330 e. The van der Waals surface area contributed by atoms with E-state index in [0.717, 1.165) is 6.07 Å². The average Bonchev–Trinajstić information content (AvgIpc) is 2.31. The van der Waals surface area contributed by atoms with E-state index in [-0.39, 0.29) is 6.54 Å². The molecule has 0 fully saturated rings. The van der Waals surface area contributed by atoms with Gasteiger partial charge in [-0.15, -0.1) is 0 Å². The van der Waals surface area contributed by atoms with E-state index in [9.17, 15) is 13.2 Å². The van der Waals surface area contributed by atoms with Gasteiger partial charge in [0, 0.05) is 12.0 Å². The zero-order chi connectivity index (χ0) is 13.1. The molecular weight excluding hydrogens is 227 g/mol. The fraction of sp³-hybridized carbons (Fsp3) is 0.538. The van der Waals surface area contributed by atoms with Gasteiger partial charge in [-0.3, -0.25) is 0 Å². The molecule has 4 heteroatoms. The van der Waals surface area contributed by atoms with Crippen molar-refractivity contribution in [2.45, 2.75) is 38.3 Å². The summed E-state index contributed by atoms with van der Waals surface area (Å²) >= 11 is 0. The maximum absolute atomic E-state index is 12.9. The Labute approximate surface area is 99.8 Å². The van der Waals surface area contributed by atoms with Crippen LogP contribution in [0.15, 0.2) is 24.3 Å². The summed E-state index contributed by atoms with van der Waals surface area (Å²) in [5.41, 5.74) is 4.89. The van der Waals surface area contributed by atoms with Crippen LogP contribution in [0.3, 0.4) is 0 Å². The van der Waals surface area contributed by atoms with Crippen LogP contribution in [0.1, 0.15) is 37.8 Å². The summed E-state index contributed by atoms with van der Waals surface area (Å²) in [7, 11) is 0. The third kappa shape index (κ3) is 2.63. The lowest BCUT2D eigenvalue weighted by Crippen LogP contribution is -2.35. The van der Waals surface area contributed by atoms with Crippen LogP contribution >= 0.6 is 0 Å². The molecule has 0 heterocycles. The van der Waals surface area contributed by atoms with E-state index in [1.807, 2.05) is 13.8 Å². The molecule has 17 heavy (non-hydrogen) atoms. The molecule has 0 radical (unpaired) electrons. The first kappa shape index (κ1) is 14.0. The molecule has 0 saturated heterocycles. The molecular formula is C13H18F3N. The number of rotatable bonds is 4. The van der Waals surface area contributed by atoms with Gasteiger partial charge < -0.3 is 5.73 Å². The molecule has 0 amide bonds. The van der Waals surface area contributed by atoms with Crippen LogP contribution in [-0.4, -0.2) is 6.54 Å². The molecule has 2 N–H and O–H groups in total. The predicted octanol–water partition coefficient (Wildman–Crippen LogP) is 3.72. The second-order valence-electron chi connectivity index (χ2n) is 4.23. The molecule has 0 aliphatic carbocycles. The number of hydrogen-bond acceptors (Lipinski definition) is 1. The first-order valence-electron chi connectivity index (χ1n) is 5.78. The number of nitrogens with two attached hydrogens (primary N) is 1. The minimum Gasteiger partial charge on any atom is -0.330 e. The lowest BCUT2D eigenvalue weighted by Gasteiger charge is -2.33. The SMILES string of the molecule is CCC(CC)(CN)c1ccccc1C(F)(F)F. The van der Waals surface area contributed by atoms with Crippen LogP contribution in [0.2, 0.25) is 0 Å². The topological polar surface area (TPSA) is 26.0 Å². The van der Waals surface area contributed by atoms with Gasteiger partial charge in [0.25, 0.3) is 0 Å². The lowest BCUT2D eigenvalue weighted by molar-refractivity contribution is -0.138. The number of alkyl halides is 3. The number of halogens is 3. The molecule has 0 aromatic heterocycles. The van der Waals surface area contributed by atoms with E-state index in [0.29, 0.717) is 18.4 Å². The molecule has 1 nitrogen and oxygen atoms in total. The zero-order valence-corrected chi connectivity index (χ0v) is 10.1. The molecule has 0 bridgehead atoms. The fourth-order valence-electron chi connectivity index (χ4n) is 2.22. The van der Waals surface area contributed by atoms with Gasteiger partial charge in [0.05, 0.1) is 5.56 Å². The summed E-state index contributed by atoms with van der Waals surface area (Å²) in [6, 6.07) is 5.73. The summed E-state index contributed by atoms with van der Waals surface area (Å²) in [5.74, 6) is 0. The number of benzene rings is 1. The molecule has 1 aromatic rings. The highest BCUT2D eigenvalue weighted by atomic mass is 19.4. The van der Waals surface area contributed by atoms with Crippen molar-refractivity contribution in [3.05, 3.63) is 35.4 Å². The highest BCUT2D eigenvalue weighted by Gasteiger charge is 2.39. The van der Waals surface area contributed by atoms with Crippen molar-refractivity contribution >= 4 is 0 Å². The Hall–Kier alpha value is -1.03. The lowest BCUT2D eigenvalue weighted by atomic mass is 9.74. The highest BCUT2D eigenvalue weighted by Crippen LogP contribution is 2.40. The van der Waals surface area contributed by atoms with E-state index >= 15 is 0 Å². The second kappa shape index (κ2) is 5.08. The minimum absolute atomic E-state index is 0.229. The Balaban J connectivity index is 3.39. The van der Waals surface area contributed by atoms with Gasteiger partial charge in [-0.25, -0.2) is 0 Å². The van der Waals surface area contributed by atoms with Gasteiger partial charge >= 0.3 is 6.18 Å². The maximum atomic E-state index is 12.9. The van der Waals surface area contributed by atoms with Crippen molar-refractivity contribution in [1.82, 2.24) is 0 Å². The molecule has 1 rings (SSSR count). The molecule has 96 valence electrons. The van der Waals surface area contributed by atoms with Crippen LogP contribution < -0.4 is 5.73 Å². The van der Waals surface area contributed by atoms with E-state index in [1.54, 1.807) is 12.1 Å². The summed E-state index contributed by atoms with van der Waals surface area (Å²) in [5, 5.41) is 0. The molecule has 0 unspecified atom stereocenters. The quantitative estimate of drug-likeness (QED) is 0.859. The Bertz CT molecular complexity index is 359. The van der Waals surface area contributed by atoms with Crippen molar-refractivity contribution in [1.29, 1.82) is 0 Å². The van der Waals surface area contributed by atoms with Crippen LogP contribution in [0.5, 0.6) is 0 Å². The Morgan fingerprint density at radius 1 is 1.00 bits per heavy atom. The first-order valence-corrected chi connectivity index (χ1v) is 5.78.